The van der Waals surface area contributed by atoms with E-state index in [0.717, 1.165) is 31.7 Å². The normalized spacial score (nSPS) is 19.1. The third kappa shape index (κ3) is 4.12. The number of amides is 3. The zero-order valence-electron chi connectivity index (χ0n) is 10.9. The van der Waals surface area contributed by atoms with Crippen LogP contribution in [0.2, 0.25) is 0 Å². The van der Waals surface area contributed by atoms with Crippen LogP contribution in [0.4, 0.5) is 4.79 Å². The number of likely N-dealkylation sites (tertiary alicyclic amines) is 1. The van der Waals surface area contributed by atoms with E-state index in [1.54, 1.807) is 0 Å². The van der Waals surface area contributed by atoms with Gasteiger partial charge in [-0.15, -0.1) is 0 Å². The van der Waals surface area contributed by atoms with Crippen LogP contribution < -0.4 is 5.32 Å². The molecule has 0 aromatic rings. The van der Waals surface area contributed by atoms with Gasteiger partial charge < -0.3 is 15.1 Å². The molecular weight excluding hydrogens is 266 g/mol. The van der Waals surface area contributed by atoms with Crippen LogP contribution in [0.25, 0.3) is 0 Å². The molecule has 2 aliphatic rings. The number of nitrogens with one attached hydrogen (secondary N) is 1. The second-order valence-electron chi connectivity index (χ2n) is 4.72. The molecule has 2 aliphatic heterocycles. The predicted octanol–water partition coefficient (Wildman–Crippen LogP) is 0.284. The number of hydrogen-bond donors (Lipinski definition) is 1. The second kappa shape index (κ2) is 6.79. The van der Waals surface area contributed by atoms with Gasteiger partial charge in [-0.1, -0.05) is 11.8 Å². The fourth-order valence-electron chi connectivity index (χ4n) is 2.23. The van der Waals surface area contributed by atoms with Gasteiger partial charge in [-0.05, 0) is 12.8 Å². The molecule has 0 bridgehead atoms. The standard InChI is InChI=1S/C12H19N3O3S/c16-10(9-15-7-8-19-12(15)18)13-4-3-11(17)14-5-1-2-6-14/h1-9H2,(H,13,16). The third-order valence-corrected chi connectivity index (χ3v) is 4.19. The maximum absolute atomic E-state index is 11.7. The van der Waals surface area contributed by atoms with Gasteiger partial charge in [0.1, 0.15) is 6.54 Å². The minimum absolute atomic E-state index is 0.0386. The van der Waals surface area contributed by atoms with Gasteiger partial charge in [-0.25, -0.2) is 0 Å². The molecule has 2 heterocycles. The summed E-state index contributed by atoms with van der Waals surface area (Å²) in [4.78, 5) is 38.0. The monoisotopic (exact) mass is 285 g/mol. The lowest BCUT2D eigenvalue weighted by molar-refractivity contribution is -0.130. The van der Waals surface area contributed by atoms with Crippen molar-refractivity contribution < 1.29 is 14.4 Å². The van der Waals surface area contributed by atoms with Crippen LogP contribution in [0.1, 0.15) is 19.3 Å². The molecule has 1 N–H and O–H groups in total. The number of carbonyl (C=O) groups is 3. The summed E-state index contributed by atoms with van der Waals surface area (Å²) in [5.74, 6) is 0.662. The molecule has 3 amide bonds. The summed E-state index contributed by atoms with van der Waals surface area (Å²) in [7, 11) is 0. The van der Waals surface area contributed by atoms with E-state index in [2.05, 4.69) is 5.32 Å². The lowest BCUT2D eigenvalue weighted by atomic mass is 10.3. The van der Waals surface area contributed by atoms with E-state index in [4.69, 9.17) is 0 Å². The van der Waals surface area contributed by atoms with E-state index >= 15 is 0 Å². The van der Waals surface area contributed by atoms with Gasteiger partial charge in [0.05, 0.1) is 0 Å². The van der Waals surface area contributed by atoms with E-state index in [0.29, 0.717) is 19.5 Å². The lowest BCUT2D eigenvalue weighted by Crippen LogP contribution is -2.39. The second-order valence-corrected chi connectivity index (χ2v) is 5.77. The highest BCUT2D eigenvalue weighted by Gasteiger charge is 2.23. The van der Waals surface area contributed by atoms with Gasteiger partial charge in [0.25, 0.3) is 5.24 Å². The molecule has 0 aromatic carbocycles. The minimum Gasteiger partial charge on any atom is -0.354 e. The quantitative estimate of drug-likeness (QED) is 0.788. The summed E-state index contributed by atoms with van der Waals surface area (Å²) in [5, 5.41) is 2.66. The number of nitrogens with zero attached hydrogens (tertiary/aromatic N) is 2. The van der Waals surface area contributed by atoms with Gasteiger partial charge in [-0.2, -0.15) is 0 Å². The van der Waals surface area contributed by atoms with Crippen molar-refractivity contribution in [2.24, 2.45) is 0 Å². The summed E-state index contributed by atoms with van der Waals surface area (Å²) in [6.45, 7) is 2.76. The molecule has 2 fully saturated rings. The van der Waals surface area contributed by atoms with Gasteiger partial charge in [0, 0.05) is 38.4 Å². The Kier molecular flexibility index (Phi) is 5.07. The van der Waals surface area contributed by atoms with Gasteiger partial charge in [0.2, 0.25) is 11.8 Å². The van der Waals surface area contributed by atoms with Crippen molar-refractivity contribution in [3.8, 4) is 0 Å². The minimum atomic E-state index is -0.190. The molecule has 106 valence electrons. The first-order valence-electron chi connectivity index (χ1n) is 6.63. The Morgan fingerprint density at radius 1 is 1.21 bits per heavy atom. The molecule has 7 heteroatoms. The highest BCUT2D eigenvalue weighted by atomic mass is 32.2. The number of hydrogen-bond acceptors (Lipinski definition) is 4. The highest BCUT2D eigenvalue weighted by molar-refractivity contribution is 8.13. The lowest BCUT2D eigenvalue weighted by Gasteiger charge is -2.16. The zero-order valence-corrected chi connectivity index (χ0v) is 11.7. The smallest absolute Gasteiger partial charge is 0.282 e. The average molecular weight is 285 g/mol. The number of thioether (sulfide) groups is 1. The van der Waals surface area contributed by atoms with Crippen molar-refractivity contribution in [1.29, 1.82) is 0 Å². The predicted molar refractivity (Wildman–Crippen MR) is 72.9 cm³/mol. The van der Waals surface area contributed by atoms with Crippen molar-refractivity contribution in [1.82, 2.24) is 15.1 Å². The fraction of sp³-hybridized carbons (Fsp3) is 0.750. The van der Waals surface area contributed by atoms with E-state index in [9.17, 15) is 14.4 Å². The molecular formula is C12H19N3O3S. The number of rotatable bonds is 5. The molecule has 0 aliphatic carbocycles. The zero-order chi connectivity index (χ0) is 13.7. The molecule has 0 unspecified atom stereocenters. The largest absolute Gasteiger partial charge is 0.354 e. The van der Waals surface area contributed by atoms with Crippen molar-refractivity contribution in [3.05, 3.63) is 0 Å². The maximum Gasteiger partial charge on any atom is 0.282 e. The van der Waals surface area contributed by atoms with Gasteiger partial charge in [0.15, 0.2) is 0 Å². The molecule has 0 saturated carbocycles. The van der Waals surface area contributed by atoms with Crippen molar-refractivity contribution >= 4 is 28.8 Å². The van der Waals surface area contributed by atoms with E-state index in [1.807, 2.05) is 4.90 Å². The van der Waals surface area contributed by atoms with Crippen LogP contribution in [0, 0.1) is 0 Å². The number of carbonyl (C=O) groups excluding carboxylic acids is 3. The molecule has 2 rings (SSSR count). The molecule has 0 radical (unpaired) electrons. The van der Waals surface area contributed by atoms with Crippen LogP contribution >= 0.6 is 11.8 Å². The van der Waals surface area contributed by atoms with Crippen molar-refractivity contribution in [2.45, 2.75) is 19.3 Å². The first-order chi connectivity index (χ1) is 9.16. The molecule has 2 saturated heterocycles. The SMILES string of the molecule is O=C(CN1CCSC1=O)NCCC(=O)N1CCCC1. The van der Waals surface area contributed by atoms with Crippen LogP contribution in [0.3, 0.4) is 0 Å². The van der Waals surface area contributed by atoms with Gasteiger partial charge >= 0.3 is 0 Å². The van der Waals surface area contributed by atoms with E-state index < -0.39 is 0 Å². The molecule has 6 nitrogen and oxygen atoms in total. The highest BCUT2D eigenvalue weighted by Crippen LogP contribution is 2.16. The Morgan fingerprint density at radius 2 is 1.95 bits per heavy atom. The Labute approximate surface area is 116 Å². The van der Waals surface area contributed by atoms with Crippen LogP contribution in [0.5, 0.6) is 0 Å². The fourth-order valence-corrected chi connectivity index (χ4v) is 3.06. The van der Waals surface area contributed by atoms with Crippen LogP contribution in [-0.4, -0.2) is 65.3 Å². The summed E-state index contributed by atoms with van der Waals surface area (Å²) >= 11 is 1.24. The van der Waals surface area contributed by atoms with Crippen LogP contribution in [0.15, 0.2) is 0 Å². The average Bonchev–Trinajstić information content (AvgIpc) is 3.02. The molecule has 19 heavy (non-hydrogen) atoms. The third-order valence-electron chi connectivity index (χ3n) is 3.30. The molecule has 0 atom stereocenters. The summed E-state index contributed by atoms with van der Waals surface area (Å²) in [6, 6.07) is 0. The van der Waals surface area contributed by atoms with E-state index in [1.165, 1.54) is 16.7 Å². The topological polar surface area (TPSA) is 69.7 Å². The van der Waals surface area contributed by atoms with Gasteiger partial charge in [-0.3, -0.25) is 14.4 Å². The molecule has 0 aromatic heterocycles. The maximum atomic E-state index is 11.7. The summed E-state index contributed by atoms with van der Waals surface area (Å²) < 4.78 is 0. The van der Waals surface area contributed by atoms with Crippen LogP contribution in [-0.2, 0) is 9.59 Å². The Bertz CT molecular complexity index is 369. The summed E-state index contributed by atoms with van der Waals surface area (Å²) in [5.41, 5.74) is 0. The Hall–Kier alpha value is -1.24. The Morgan fingerprint density at radius 3 is 2.58 bits per heavy atom. The Balaban J connectivity index is 1.60. The first kappa shape index (κ1) is 14.2. The van der Waals surface area contributed by atoms with Crippen molar-refractivity contribution in [3.63, 3.8) is 0 Å². The first-order valence-corrected chi connectivity index (χ1v) is 7.61. The van der Waals surface area contributed by atoms with Crippen molar-refractivity contribution in [2.75, 3.05) is 38.5 Å². The molecule has 0 spiro atoms. The van der Waals surface area contributed by atoms with E-state index in [-0.39, 0.29) is 23.6 Å². The summed E-state index contributed by atoms with van der Waals surface area (Å²) in [6.07, 6.45) is 2.49.